The molecule has 0 aromatic heterocycles. The minimum absolute atomic E-state index is 0.317. The first kappa shape index (κ1) is 14.3. The van der Waals surface area contributed by atoms with Crippen LogP contribution in [0.25, 0.3) is 0 Å². The van der Waals surface area contributed by atoms with Gasteiger partial charge in [-0.05, 0) is 24.6 Å². The number of aryl methyl sites for hydroxylation is 1. The molecule has 0 aliphatic rings. The van der Waals surface area contributed by atoms with Gasteiger partial charge in [0.1, 0.15) is 5.75 Å². The summed E-state index contributed by atoms with van der Waals surface area (Å²) in [6.07, 6.45) is 0. The van der Waals surface area contributed by atoms with Gasteiger partial charge < -0.3 is 9.84 Å². The molecule has 0 radical (unpaired) electrons. The maximum atomic E-state index is 11.2. The van der Waals surface area contributed by atoms with Gasteiger partial charge in [0.05, 0.1) is 5.02 Å². The fourth-order valence-corrected chi connectivity index (χ4v) is 1.24. The number of nitrogens with one attached hydrogen (secondary N) is 1. The van der Waals surface area contributed by atoms with Gasteiger partial charge in [0.15, 0.2) is 13.2 Å². The number of amides is 1. The number of carbonyl (C=O) groups is 2. The largest absolute Gasteiger partial charge is 0.482 e. The predicted octanol–water partition coefficient (Wildman–Crippen LogP) is 1.16. The zero-order valence-corrected chi connectivity index (χ0v) is 10.4. The molecule has 0 heterocycles. The molecule has 0 spiro atoms. The summed E-state index contributed by atoms with van der Waals surface area (Å²) in [4.78, 5) is 25.7. The van der Waals surface area contributed by atoms with Gasteiger partial charge >= 0.3 is 5.97 Å². The molecule has 0 atom stereocenters. The summed E-state index contributed by atoms with van der Waals surface area (Å²) in [5.74, 6) is -1.41. The minimum atomic E-state index is -1.18. The van der Waals surface area contributed by atoms with Crippen LogP contribution in [0.2, 0.25) is 5.02 Å². The van der Waals surface area contributed by atoms with Gasteiger partial charge in [0.2, 0.25) is 0 Å². The number of ether oxygens (including phenoxy) is 1. The lowest BCUT2D eigenvalue weighted by molar-refractivity contribution is -0.149. The molecule has 1 rings (SSSR count). The molecule has 0 bridgehead atoms. The molecule has 1 aromatic rings. The Morgan fingerprint density at radius 2 is 2.11 bits per heavy atom. The van der Waals surface area contributed by atoms with E-state index in [1.54, 1.807) is 12.1 Å². The molecule has 0 aliphatic heterocycles. The van der Waals surface area contributed by atoms with E-state index in [4.69, 9.17) is 21.4 Å². The van der Waals surface area contributed by atoms with Crippen molar-refractivity contribution in [1.29, 1.82) is 0 Å². The van der Waals surface area contributed by atoms with Crippen molar-refractivity contribution in [3.8, 4) is 5.75 Å². The van der Waals surface area contributed by atoms with Crippen molar-refractivity contribution in [3.63, 3.8) is 0 Å². The van der Waals surface area contributed by atoms with E-state index in [2.05, 4.69) is 4.84 Å². The van der Waals surface area contributed by atoms with Crippen LogP contribution in [0.5, 0.6) is 5.75 Å². The van der Waals surface area contributed by atoms with Gasteiger partial charge in [-0.3, -0.25) is 9.63 Å². The van der Waals surface area contributed by atoms with Crippen LogP contribution in [-0.4, -0.2) is 30.2 Å². The van der Waals surface area contributed by atoms with Crippen LogP contribution in [0.15, 0.2) is 18.2 Å². The second kappa shape index (κ2) is 6.83. The summed E-state index contributed by atoms with van der Waals surface area (Å²) in [7, 11) is 0. The van der Waals surface area contributed by atoms with E-state index < -0.39 is 18.5 Å². The molecular weight excluding hydrogens is 262 g/mol. The smallest absolute Gasteiger partial charge is 0.332 e. The third-order valence-electron chi connectivity index (χ3n) is 1.83. The van der Waals surface area contributed by atoms with Gasteiger partial charge in [-0.25, -0.2) is 10.3 Å². The zero-order valence-electron chi connectivity index (χ0n) is 9.60. The molecule has 0 unspecified atom stereocenters. The lowest BCUT2D eigenvalue weighted by Crippen LogP contribution is -2.31. The van der Waals surface area contributed by atoms with Gasteiger partial charge in [-0.2, -0.15) is 0 Å². The number of carboxylic acids is 1. The van der Waals surface area contributed by atoms with Crippen molar-refractivity contribution in [1.82, 2.24) is 5.48 Å². The summed E-state index contributed by atoms with van der Waals surface area (Å²) in [6, 6.07) is 5.16. The van der Waals surface area contributed by atoms with E-state index in [-0.39, 0.29) is 6.61 Å². The van der Waals surface area contributed by atoms with Crippen molar-refractivity contribution in [2.75, 3.05) is 13.2 Å². The highest BCUT2D eigenvalue weighted by atomic mass is 35.5. The Balaban J connectivity index is 2.38. The Morgan fingerprint density at radius 1 is 1.39 bits per heavy atom. The molecule has 0 aliphatic carbocycles. The van der Waals surface area contributed by atoms with E-state index in [1.807, 2.05) is 18.5 Å². The van der Waals surface area contributed by atoms with E-state index in [0.717, 1.165) is 5.56 Å². The average Bonchev–Trinajstić information content (AvgIpc) is 2.30. The molecule has 0 saturated heterocycles. The topological polar surface area (TPSA) is 84.9 Å². The summed E-state index contributed by atoms with van der Waals surface area (Å²) in [6.45, 7) is 0.930. The number of aliphatic carboxylic acids is 1. The van der Waals surface area contributed by atoms with Crippen LogP contribution in [0.3, 0.4) is 0 Å². The van der Waals surface area contributed by atoms with Crippen LogP contribution >= 0.6 is 11.6 Å². The lowest BCUT2D eigenvalue weighted by Gasteiger charge is -2.08. The van der Waals surface area contributed by atoms with Crippen molar-refractivity contribution in [2.24, 2.45) is 0 Å². The van der Waals surface area contributed by atoms with Gasteiger partial charge in [0, 0.05) is 0 Å². The van der Waals surface area contributed by atoms with Crippen molar-refractivity contribution in [2.45, 2.75) is 6.92 Å². The summed E-state index contributed by atoms with van der Waals surface area (Å²) < 4.78 is 5.17. The number of rotatable bonds is 6. The highest BCUT2D eigenvalue weighted by molar-refractivity contribution is 6.32. The first-order valence-electron chi connectivity index (χ1n) is 5.00. The Bertz CT molecular complexity index is 449. The molecule has 98 valence electrons. The molecule has 0 saturated carbocycles. The fourth-order valence-electron chi connectivity index (χ4n) is 1.07. The van der Waals surface area contributed by atoms with Gasteiger partial charge in [-0.1, -0.05) is 17.7 Å². The Hall–Kier alpha value is -1.79. The van der Waals surface area contributed by atoms with Crippen LogP contribution in [0.4, 0.5) is 0 Å². The van der Waals surface area contributed by atoms with Crippen LogP contribution in [0.1, 0.15) is 5.56 Å². The second-order valence-electron chi connectivity index (χ2n) is 3.43. The number of halogens is 1. The highest BCUT2D eigenvalue weighted by Crippen LogP contribution is 2.24. The van der Waals surface area contributed by atoms with E-state index >= 15 is 0 Å². The highest BCUT2D eigenvalue weighted by Gasteiger charge is 2.07. The quantitative estimate of drug-likeness (QED) is 0.760. The van der Waals surface area contributed by atoms with Crippen molar-refractivity contribution < 1.29 is 24.3 Å². The number of hydrogen-bond acceptors (Lipinski definition) is 4. The first-order valence-corrected chi connectivity index (χ1v) is 5.38. The van der Waals surface area contributed by atoms with E-state index in [0.29, 0.717) is 10.8 Å². The normalized spacial score (nSPS) is 9.89. The molecule has 1 amide bonds. The van der Waals surface area contributed by atoms with Crippen LogP contribution in [-0.2, 0) is 14.4 Å². The molecule has 6 nitrogen and oxygen atoms in total. The summed E-state index contributed by atoms with van der Waals surface area (Å²) in [5, 5.41) is 8.66. The third kappa shape index (κ3) is 5.03. The second-order valence-corrected chi connectivity index (χ2v) is 3.84. The van der Waals surface area contributed by atoms with Crippen molar-refractivity contribution >= 4 is 23.5 Å². The summed E-state index contributed by atoms with van der Waals surface area (Å²) >= 11 is 5.86. The number of hydrogen-bond donors (Lipinski definition) is 2. The standard InChI is InChI=1S/C11H12ClNO5/c1-7-2-3-8(12)9(4-7)17-5-10(14)13-18-6-11(15)16/h2-4H,5-6H2,1H3,(H,13,14)(H,15,16). The van der Waals surface area contributed by atoms with Gasteiger partial charge in [0.25, 0.3) is 5.91 Å². The lowest BCUT2D eigenvalue weighted by atomic mass is 10.2. The SMILES string of the molecule is Cc1ccc(Cl)c(OCC(=O)NOCC(=O)O)c1. The third-order valence-corrected chi connectivity index (χ3v) is 2.14. The van der Waals surface area contributed by atoms with E-state index in [9.17, 15) is 9.59 Å². The van der Waals surface area contributed by atoms with Gasteiger partial charge in [-0.15, -0.1) is 0 Å². The monoisotopic (exact) mass is 273 g/mol. The molecule has 18 heavy (non-hydrogen) atoms. The maximum absolute atomic E-state index is 11.2. The Kier molecular flexibility index (Phi) is 5.41. The Labute approximate surface area is 108 Å². The summed E-state index contributed by atoms with van der Waals surface area (Å²) in [5.41, 5.74) is 2.87. The van der Waals surface area contributed by atoms with Crippen LogP contribution < -0.4 is 10.2 Å². The minimum Gasteiger partial charge on any atom is -0.482 e. The Morgan fingerprint density at radius 3 is 2.78 bits per heavy atom. The number of carbonyl (C=O) groups excluding carboxylic acids is 1. The zero-order chi connectivity index (χ0) is 13.5. The van der Waals surface area contributed by atoms with E-state index in [1.165, 1.54) is 0 Å². The van der Waals surface area contributed by atoms with Crippen LogP contribution in [0, 0.1) is 6.92 Å². The molecule has 7 heteroatoms. The molecule has 2 N–H and O–H groups in total. The van der Waals surface area contributed by atoms with Crippen molar-refractivity contribution in [3.05, 3.63) is 28.8 Å². The average molecular weight is 274 g/mol. The maximum Gasteiger partial charge on any atom is 0.332 e. The molecule has 1 aromatic carbocycles. The molecule has 0 fully saturated rings. The molecular formula is C11H12ClNO5. The number of hydroxylamine groups is 1. The first-order chi connectivity index (χ1) is 8.49. The fraction of sp³-hybridized carbons (Fsp3) is 0.273. The number of benzene rings is 1. The predicted molar refractivity (Wildman–Crippen MR) is 63.4 cm³/mol. The number of carboxylic acid groups (broad SMARTS) is 1.